The second-order valence-electron chi connectivity index (χ2n) is 5.65. The number of nitrogens with one attached hydrogen (secondary N) is 2. The van der Waals surface area contributed by atoms with Gasteiger partial charge in [-0.25, -0.2) is 9.28 Å². The molecule has 10 heteroatoms. The number of nitrogens with zero attached hydrogens (tertiary/aromatic N) is 1. The highest BCUT2D eigenvalue weighted by molar-refractivity contribution is 6.30. The van der Waals surface area contributed by atoms with Crippen LogP contribution in [0.4, 0.5) is 4.39 Å². The Hall–Kier alpha value is -2.20. The molecular weight excluding hydrogens is 381 g/mol. The monoisotopic (exact) mass is 401 g/mol. The van der Waals surface area contributed by atoms with Crippen LogP contribution in [0.2, 0.25) is 5.02 Å². The number of hydrogen-bond acceptors (Lipinski definition) is 6. The van der Waals surface area contributed by atoms with Crippen LogP contribution in [-0.2, 0) is 19.5 Å². The molecule has 1 heterocycles. The molecule has 1 saturated heterocycles. The van der Waals surface area contributed by atoms with E-state index in [4.69, 9.17) is 26.2 Å². The van der Waals surface area contributed by atoms with Crippen molar-refractivity contribution in [2.75, 3.05) is 26.3 Å². The van der Waals surface area contributed by atoms with E-state index in [-0.39, 0.29) is 29.3 Å². The van der Waals surface area contributed by atoms with Gasteiger partial charge in [0.2, 0.25) is 5.91 Å². The fourth-order valence-electron chi connectivity index (χ4n) is 2.01. The first-order valence-electron chi connectivity index (χ1n) is 8.30. The number of ether oxygens (including phenoxy) is 1. The molecular formula is C17H21ClFN3O5. The average molecular weight is 402 g/mol. The summed E-state index contributed by atoms with van der Waals surface area (Å²) in [6.45, 7) is 6.34. The van der Waals surface area contributed by atoms with Crippen LogP contribution in [-0.4, -0.2) is 49.2 Å². The van der Waals surface area contributed by atoms with Crippen molar-refractivity contribution in [2.24, 2.45) is 0 Å². The number of amides is 2. The second kappa shape index (κ2) is 10.2. The molecule has 1 aromatic rings. The number of benzene rings is 1. The van der Waals surface area contributed by atoms with Crippen molar-refractivity contribution in [3.8, 4) is 5.75 Å². The van der Waals surface area contributed by atoms with Gasteiger partial charge in [0.1, 0.15) is 17.6 Å². The molecule has 2 atom stereocenters. The zero-order valence-corrected chi connectivity index (χ0v) is 15.6. The Bertz CT molecular complexity index is 703. The molecule has 1 aromatic carbocycles. The number of hydroxylamine groups is 2. The SMILES string of the molecule is C=C(CCNC(=O)C1CN1OOCC)NC(=O)COc1ccc(Cl)c(F)c1. The van der Waals surface area contributed by atoms with Crippen molar-refractivity contribution in [3.63, 3.8) is 0 Å². The van der Waals surface area contributed by atoms with Gasteiger partial charge in [-0.05, 0) is 19.1 Å². The molecule has 8 nitrogen and oxygen atoms in total. The van der Waals surface area contributed by atoms with Gasteiger partial charge in [0.25, 0.3) is 5.91 Å². The molecule has 2 unspecified atom stereocenters. The largest absolute Gasteiger partial charge is 0.484 e. The van der Waals surface area contributed by atoms with E-state index in [1.165, 1.54) is 17.2 Å². The summed E-state index contributed by atoms with van der Waals surface area (Å²) in [4.78, 5) is 33.2. The molecule has 1 aliphatic heterocycles. The van der Waals surface area contributed by atoms with Crippen LogP contribution in [0.3, 0.4) is 0 Å². The molecule has 0 saturated carbocycles. The molecule has 0 radical (unpaired) electrons. The lowest BCUT2D eigenvalue weighted by molar-refractivity contribution is -0.389. The third-order valence-corrected chi connectivity index (χ3v) is 3.75. The van der Waals surface area contributed by atoms with Gasteiger partial charge in [0, 0.05) is 24.7 Å². The Morgan fingerprint density at radius 1 is 1.44 bits per heavy atom. The summed E-state index contributed by atoms with van der Waals surface area (Å²) in [5.74, 6) is -1.08. The average Bonchev–Trinajstić information content (AvgIpc) is 3.40. The zero-order valence-electron chi connectivity index (χ0n) is 14.8. The van der Waals surface area contributed by atoms with Gasteiger partial charge in [0.15, 0.2) is 6.61 Å². The highest BCUT2D eigenvalue weighted by atomic mass is 35.5. The molecule has 0 aliphatic carbocycles. The Morgan fingerprint density at radius 3 is 2.93 bits per heavy atom. The van der Waals surface area contributed by atoms with E-state index in [9.17, 15) is 14.0 Å². The van der Waals surface area contributed by atoms with E-state index in [2.05, 4.69) is 17.2 Å². The summed E-state index contributed by atoms with van der Waals surface area (Å²) in [6.07, 6.45) is 0.353. The highest BCUT2D eigenvalue weighted by Crippen LogP contribution is 2.20. The van der Waals surface area contributed by atoms with E-state index in [1.807, 2.05) is 0 Å². The summed E-state index contributed by atoms with van der Waals surface area (Å²) in [5.41, 5.74) is 0.421. The van der Waals surface area contributed by atoms with Crippen molar-refractivity contribution in [2.45, 2.75) is 19.4 Å². The number of carbonyl (C=O) groups excluding carboxylic acids is 2. The van der Waals surface area contributed by atoms with Gasteiger partial charge in [0.05, 0.1) is 18.2 Å². The predicted octanol–water partition coefficient (Wildman–Crippen LogP) is 1.56. The smallest absolute Gasteiger partial charge is 0.262 e. The maximum atomic E-state index is 13.3. The minimum atomic E-state index is -0.629. The first kappa shape index (κ1) is 21.1. The van der Waals surface area contributed by atoms with Crippen LogP contribution in [0.25, 0.3) is 0 Å². The third kappa shape index (κ3) is 7.14. The quantitative estimate of drug-likeness (QED) is 0.332. The maximum absolute atomic E-state index is 13.3. The summed E-state index contributed by atoms with van der Waals surface area (Å²) in [6, 6.07) is 3.52. The number of halogens is 2. The summed E-state index contributed by atoms with van der Waals surface area (Å²) in [5, 5.41) is 6.64. The first-order chi connectivity index (χ1) is 12.9. The Balaban J connectivity index is 1.59. The van der Waals surface area contributed by atoms with E-state index in [1.54, 1.807) is 6.92 Å². The normalized spacial score (nSPS) is 17.9. The first-order valence-corrected chi connectivity index (χ1v) is 8.68. The van der Waals surface area contributed by atoms with Crippen molar-refractivity contribution in [1.29, 1.82) is 0 Å². The summed E-state index contributed by atoms with van der Waals surface area (Å²) in [7, 11) is 0. The van der Waals surface area contributed by atoms with E-state index < -0.39 is 11.7 Å². The van der Waals surface area contributed by atoms with Crippen molar-refractivity contribution < 1.29 is 28.6 Å². The Morgan fingerprint density at radius 2 is 2.22 bits per heavy atom. The molecule has 0 bridgehead atoms. The van der Waals surface area contributed by atoms with E-state index in [0.717, 1.165) is 6.07 Å². The lowest BCUT2D eigenvalue weighted by atomic mass is 10.3. The van der Waals surface area contributed by atoms with Gasteiger partial charge in [-0.15, -0.1) is 10.1 Å². The standard InChI is InChI=1S/C17H21ClFN3O5/c1-3-26-27-22-9-15(22)17(24)20-7-6-11(2)21-16(23)10-25-12-4-5-13(18)14(19)8-12/h4-5,8,15H,2-3,6-7,9-10H2,1H3,(H,20,24)(H,21,23). The highest BCUT2D eigenvalue weighted by Gasteiger charge is 2.43. The van der Waals surface area contributed by atoms with Crippen LogP contribution >= 0.6 is 11.6 Å². The molecule has 2 amide bonds. The molecule has 2 rings (SSSR count). The predicted molar refractivity (Wildman–Crippen MR) is 95.0 cm³/mol. The fourth-order valence-corrected chi connectivity index (χ4v) is 2.12. The second-order valence-corrected chi connectivity index (χ2v) is 6.06. The van der Waals surface area contributed by atoms with Crippen molar-refractivity contribution in [1.82, 2.24) is 15.7 Å². The molecule has 148 valence electrons. The topological polar surface area (TPSA) is 88.9 Å². The van der Waals surface area contributed by atoms with Crippen LogP contribution in [0.1, 0.15) is 13.3 Å². The fraction of sp³-hybridized carbons (Fsp3) is 0.412. The summed E-state index contributed by atoms with van der Waals surface area (Å²) >= 11 is 5.57. The summed E-state index contributed by atoms with van der Waals surface area (Å²) < 4.78 is 18.5. The van der Waals surface area contributed by atoms with Crippen LogP contribution in [0.5, 0.6) is 5.75 Å². The van der Waals surface area contributed by atoms with E-state index >= 15 is 0 Å². The van der Waals surface area contributed by atoms with Gasteiger partial charge in [-0.3, -0.25) is 9.59 Å². The Kier molecular flexibility index (Phi) is 7.99. The number of rotatable bonds is 11. The van der Waals surface area contributed by atoms with Gasteiger partial charge in [-0.1, -0.05) is 18.2 Å². The molecule has 1 aliphatic rings. The van der Waals surface area contributed by atoms with E-state index in [0.29, 0.717) is 31.8 Å². The number of hydrogen-bond donors (Lipinski definition) is 2. The van der Waals surface area contributed by atoms with Crippen LogP contribution in [0, 0.1) is 5.82 Å². The lowest BCUT2D eigenvalue weighted by Gasteiger charge is -2.10. The van der Waals surface area contributed by atoms with Crippen molar-refractivity contribution >= 4 is 23.4 Å². The molecule has 27 heavy (non-hydrogen) atoms. The zero-order chi connectivity index (χ0) is 19.8. The van der Waals surface area contributed by atoms with Crippen molar-refractivity contribution in [3.05, 3.63) is 41.3 Å². The molecule has 2 N–H and O–H groups in total. The van der Waals surface area contributed by atoms with Gasteiger partial charge < -0.3 is 15.4 Å². The third-order valence-electron chi connectivity index (χ3n) is 3.44. The van der Waals surface area contributed by atoms with Crippen LogP contribution in [0.15, 0.2) is 30.5 Å². The van der Waals surface area contributed by atoms with Gasteiger partial charge >= 0.3 is 0 Å². The minimum absolute atomic E-state index is 0.0269. The van der Waals surface area contributed by atoms with Crippen LogP contribution < -0.4 is 15.4 Å². The Labute approximate surface area is 161 Å². The number of carbonyl (C=O) groups is 2. The van der Waals surface area contributed by atoms with Gasteiger partial charge in [-0.2, -0.15) is 0 Å². The molecule has 0 spiro atoms. The molecule has 1 fully saturated rings. The lowest BCUT2D eigenvalue weighted by Crippen LogP contribution is -2.33. The maximum Gasteiger partial charge on any atom is 0.262 e. The molecule has 0 aromatic heterocycles. The minimum Gasteiger partial charge on any atom is -0.484 e.